The lowest BCUT2D eigenvalue weighted by molar-refractivity contribution is 0.0559. The van der Waals surface area contributed by atoms with Crippen molar-refractivity contribution in [3.05, 3.63) is 95.7 Å². The lowest BCUT2D eigenvalue weighted by Gasteiger charge is -2.38. The van der Waals surface area contributed by atoms with Gasteiger partial charge in [0.25, 0.3) is 5.91 Å². The van der Waals surface area contributed by atoms with Gasteiger partial charge in [0, 0.05) is 26.2 Å². The molecule has 174 valence electrons. The molecule has 0 N–H and O–H groups in total. The van der Waals surface area contributed by atoms with Gasteiger partial charge in [-0.25, -0.2) is 4.68 Å². The summed E-state index contributed by atoms with van der Waals surface area (Å²) >= 11 is 0. The zero-order chi connectivity index (χ0) is 23.3. The maximum absolute atomic E-state index is 12.7. The summed E-state index contributed by atoms with van der Waals surface area (Å²) in [5, 5.41) is 12.7. The molecule has 1 aliphatic heterocycles. The van der Waals surface area contributed by atoms with E-state index in [-0.39, 0.29) is 11.9 Å². The minimum Gasteiger partial charge on any atom is -0.497 e. The number of ether oxygens (including phenoxy) is 1. The average molecular weight is 459 g/mol. The van der Waals surface area contributed by atoms with Gasteiger partial charge in [-0.15, -0.1) is 5.10 Å². The molecule has 1 atom stereocenters. The first-order valence-electron chi connectivity index (χ1n) is 11.2. The number of rotatable bonds is 7. The highest BCUT2D eigenvalue weighted by Gasteiger charge is 2.32. The van der Waals surface area contributed by atoms with Crippen LogP contribution in [-0.2, 0) is 6.54 Å². The van der Waals surface area contributed by atoms with Crippen LogP contribution in [0, 0.1) is 0 Å². The molecule has 1 fully saturated rings. The Labute approximate surface area is 197 Å². The summed E-state index contributed by atoms with van der Waals surface area (Å²) in [7, 11) is 1.65. The number of carbonyl (C=O) groups is 1. The third-order valence-electron chi connectivity index (χ3n) is 6.11. The summed E-state index contributed by atoms with van der Waals surface area (Å²) in [4.78, 5) is 16.9. The van der Waals surface area contributed by atoms with E-state index in [1.807, 2.05) is 52.0 Å². The highest BCUT2D eigenvalue weighted by atomic mass is 16.5. The fourth-order valence-electron chi connectivity index (χ4n) is 4.33. The SMILES string of the molecule is COc1ccc([C@@H](c2nnnn2Cc2ccccc2)N2CCN(C(=O)c3ccco3)CC2)cc1. The van der Waals surface area contributed by atoms with Crippen LogP contribution in [0.5, 0.6) is 5.75 Å². The summed E-state index contributed by atoms with van der Waals surface area (Å²) in [5.41, 5.74) is 2.19. The molecule has 0 unspecified atom stereocenters. The first kappa shape index (κ1) is 21.8. The van der Waals surface area contributed by atoms with Crippen LogP contribution < -0.4 is 4.74 Å². The molecule has 1 aliphatic rings. The fourth-order valence-corrected chi connectivity index (χ4v) is 4.33. The van der Waals surface area contributed by atoms with Crippen LogP contribution >= 0.6 is 0 Å². The Morgan fingerprint density at radius 3 is 2.44 bits per heavy atom. The average Bonchev–Trinajstić information content (AvgIpc) is 3.58. The number of tetrazole rings is 1. The smallest absolute Gasteiger partial charge is 0.289 e. The standard InChI is InChI=1S/C25H26N6O3/c1-33-21-11-9-20(10-12-21)23(24-26-27-28-31(24)18-19-6-3-2-4-7-19)29-13-15-30(16-14-29)25(32)22-8-5-17-34-22/h2-12,17,23H,13-16,18H2,1H3/t23-/m0/s1. The van der Waals surface area contributed by atoms with Crippen molar-refractivity contribution in [1.82, 2.24) is 30.0 Å². The largest absolute Gasteiger partial charge is 0.497 e. The van der Waals surface area contributed by atoms with Gasteiger partial charge < -0.3 is 14.1 Å². The second kappa shape index (κ2) is 9.88. The van der Waals surface area contributed by atoms with Gasteiger partial charge in [-0.3, -0.25) is 9.69 Å². The van der Waals surface area contributed by atoms with E-state index in [1.165, 1.54) is 6.26 Å². The summed E-state index contributed by atoms with van der Waals surface area (Å²) in [6, 6.07) is 21.4. The molecular weight excluding hydrogens is 432 g/mol. The molecule has 0 bridgehead atoms. The van der Waals surface area contributed by atoms with Gasteiger partial charge in [0.1, 0.15) is 5.75 Å². The second-order valence-corrected chi connectivity index (χ2v) is 8.16. The summed E-state index contributed by atoms with van der Waals surface area (Å²) in [5.74, 6) is 1.84. The molecule has 4 aromatic rings. The zero-order valence-corrected chi connectivity index (χ0v) is 18.9. The first-order valence-corrected chi connectivity index (χ1v) is 11.2. The van der Waals surface area contributed by atoms with Gasteiger partial charge in [-0.2, -0.15) is 0 Å². The number of piperazine rings is 1. The van der Waals surface area contributed by atoms with E-state index in [9.17, 15) is 4.79 Å². The van der Waals surface area contributed by atoms with Crippen LogP contribution in [0.1, 0.15) is 33.5 Å². The number of amides is 1. The van der Waals surface area contributed by atoms with E-state index < -0.39 is 0 Å². The second-order valence-electron chi connectivity index (χ2n) is 8.16. The third kappa shape index (κ3) is 4.55. The Hall–Kier alpha value is -3.98. The maximum atomic E-state index is 12.7. The lowest BCUT2D eigenvalue weighted by Crippen LogP contribution is -2.50. The Balaban J connectivity index is 1.41. The minimum atomic E-state index is -0.162. The van der Waals surface area contributed by atoms with Crippen molar-refractivity contribution in [3.63, 3.8) is 0 Å². The van der Waals surface area contributed by atoms with Gasteiger partial charge in [-0.05, 0) is 45.8 Å². The first-order chi connectivity index (χ1) is 16.7. The Kier molecular flexibility index (Phi) is 6.35. The van der Waals surface area contributed by atoms with Crippen LogP contribution in [-0.4, -0.2) is 69.2 Å². The van der Waals surface area contributed by atoms with Gasteiger partial charge in [0.2, 0.25) is 0 Å². The molecule has 2 aromatic heterocycles. The predicted molar refractivity (Wildman–Crippen MR) is 124 cm³/mol. The van der Waals surface area contributed by atoms with E-state index in [1.54, 1.807) is 19.2 Å². The topological polar surface area (TPSA) is 89.5 Å². The van der Waals surface area contributed by atoms with Crippen molar-refractivity contribution in [2.75, 3.05) is 33.3 Å². The van der Waals surface area contributed by atoms with Gasteiger partial charge in [-0.1, -0.05) is 42.5 Å². The number of hydrogen-bond donors (Lipinski definition) is 0. The van der Waals surface area contributed by atoms with Crippen molar-refractivity contribution >= 4 is 5.91 Å². The molecule has 0 aliphatic carbocycles. The molecule has 0 spiro atoms. The van der Waals surface area contributed by atoms with Gasteiger partial charge >= 0.3 is 0 Å². The Bertz CT molecular complexity index is 1200. The number of carbonyl (C=O) groups excluding carboxylic acids is 1. The van der Waals surface area contributed by atoms with Crippen molar-refractivity contribution in [1.29, 1.82) is 0 Å². The van der Waals surface area contributed by atoms with Crippen molar-refractivity contribution in [2.24, 2.45) is 0 Å². The van der Waals surface area contributed by atoms with Crippen LogP contribution in [0.15, 0.2) is 77.4 Å². The highest BCUT2D eigenvalue weighted by Crippen LogP contribution is 2.30. The fraction of sp³-hybridized carbons (Fsp3) is 0.280. The number of aromatic nitrogens is 4. The molecule has 9 heteroatoms. The van der Waals surface area contributed by atoms with Crippen molar-refractivity contribution < 1.29 is 13.9 Å². The minimum absolute atomic E-state index is 0.0837. The quantitative estimate of drug-likeness (QED) is 0.421. The predicted octanol–water partition coefficient (Wildman–Crippen LogP) is 2.87. The van der Waals surface area contributed by atoms with Crippen LogP contribution in [0.2, 0.25) is 0 Å². The molecule has 0 radical (unpaired) electrons. The number of methoxy groups -OCH3 is 1. The van der Waals surface area contributed by atoms with Crippen LogP contribution in [0.25, 0.3) is 0 Å². The van der Waals surface area contributed by atoms with Crippen molar-refractivity contribution in [3.8, 4) is 5.75 Å². The number of nitrogens with zero attached hydrogens (tertiary/aromatic N) is 6. The van der Waals surface area contributed by atoms with E-state index in [4.69, 9.17) is 9.15 Å². The third-order valence-corrected chi connectivity index (χ3v) is 6.11. The maximum Gasteiger partial charge on any atom is 0.289 e. The van der Waals surface area contributed by atoms with E-state index >= 15 is 0 Å². The zero-order valence-electron chi connectivity index (χ0n) is 18.9. The van der Waals surface area contributed by atoms with Crippen molar-refractivity contribution in [2.45, 2.75) is 12.6 Å². The molecule has 0 saturated carbocycles. The molecular formula is C25H26N6O3. The number of hydrogen-bond acceptors (Lipinski definition) is 7. The molecule has 1 saturated heterocycles. The lowest BCUT2D eigenvalue weighted by atomic mass is 10.0. The van der Waals surface area contributed by atoms with Crippen LogP contribution in [0.3, 0.4) is 0 Å². The van der Waals surface area contributed by atoms with E-state index in [2.05, 4.69) is 32.6 Å². The highest BCUT2D eigenvalue weighted by molar-refractivity contribution is 5.91. The van der Waals surface area contributed by atoms with E-state index in [0.29, 0.717) is 38.5 Å². The Morgan fingerprint density at radius 2 is 1.76 bits per heavy atom. The number of benzene rings is 2. The molecule has 34 heavy (non-hydrogen) atoms. The summed E-state index contributed by atoms with van der Waals surface area (Å²) < 4.78 is 12.5. The monoisotopic (exact) mass is 458 g/mol. The summed E-state index contributed by atoms with van der Waals surface area (Å²) in [6.07, 6.45) is 1.52. The molecule has 5 rings (SSSR count). The van der Waals surface area contributed by atoms with Gasteiger partial charge in [0.15, 0.2) is 11.6 Å². The molecule has 9 nitrogen and oxygen atoms in total. The molecule has 3 heterocycles. The van der Waals surface area contributed by atoms with Gasteiger partial charge in [0.05, 0.1) is 26.0 Å². The Morgan fingerprint density at radius 1 is 1.00 bits per heavy atom. The molecule has 1 amide bonds. The van der Waals surface area contributed by atoms with Crippen LogP contribution in [0.4, 0.5) is 0 Å². The number of furan rings is 1. The molecule has 2 aromatic carbocycles. The summed E-state index contributed by atoms with van der Waals surface area (Å²) in [6.45, 7) is 3.12. The van der Waals surface area contributed by atoms with E-state index in [0.717, 1.165) is 22.7 Å². The normalized spacial score (nSPS) is 15.3.